The minimum Gasteiger partial charge on any atom is -0.507 e. The zero-order valence-electron chi connectivity index (χ0n) is 21.8. The first-order chi connectivity index (χ1) is 18.5. The summed E-state index contributed by atoms with van der Waals surface area (Å²) in [7, 11) is 0. The smallest absolute Gasteiger partial charge is 0.295 e. The number of fused-ring (bicyclic) bond motifs is 1. The summed E-state index contributed by atoms with van der Waals surface area (Å²) in [6.07, 6.45) is 8.64. The second-order valence-corrected chi connectivity index (χ2v) is 9.88. The molecule has 8 nitrogen and oxygen atoms in total. The largest absolute Gasteiger partial charge is 0.507 e. The fraction of sp³-hybridized carbons (Fsp3) is 0.367. The molecule has 1 amide bonds. The van der Waals surface area contributed by atoms with Crippen LogP contribution < -0.4 is 9.47 Å². The van der Waals surface area contributed by atoms with Gasteiger partial charge in [-0.15, -0.1) is 0 Å². The summed E-state index contributed by atoms with van der Waals surface area (Å²) in [5.41, 5.74) is 2.29. The number of hydrogen-bond donors (Lipinski definition) is 1. The molecule has 0 unspecified atom stereocenters. The molecule has 2 aromatic carbocycles. The number of aryl methyl sites for hydroxylation is 1. The molecule has 1 saturated heterocycles. The Labute approximate surface area is 222 Å². The molecule has 2 aliphatic heterocycles. The summed E-state index contributed by atoms with van der Waals surface area (Å²) in [5, 5.41) is 11.5. The molecule has 3 heterocycles. The number of likely N-dealkylation sites (tertiary alicyclic amines) is 1. The summed E-state index contributed by atoms with van der Waals surface area (Å²) in [6.45, 7) is 5.67. The molecule has 0 bridgehead atoms. The minimum absolute atomic E-state index is 0.0546. The number of Topliss-reactive ketones (excluding diaryl/α,β-unsaturated/α-hetero) is 1. The van der Waals surface area contributed by atoms with Crippen LogP contribution in [0.4, 0.5) is 0 Å². The van der Waals surface area contributed by atoms with Crippen LogP contribution in [0.1, 0.15) is 55.8 Å². The van der Waals surface area contributed by atoms with E-state index < -0.39 is 17.7 Å². The number of benzene rings is 2. The van der Waals surface area contributed by atoms with Crippen molar-refractivity contribution >= 4 is 17.4 Å². The van der Waals surface area contributed by atoms with Crippen molar-refractivity contribution in [2.45, 2.75) is 58.2 Å². The monoisotopic (exact) mass is 515 g/mol. The van der Waals surface area contributed by atoms with Gasteiger partial charge in [0.05, 0.1) is 24.5 Å². The molecule has 0 spiro atoms. The van der Waals surface area contributed by atoms with Crippen molar-refractivity contribution in [1.82, 2.24) is 14.5 Å². The average molecular weight is 516 g/mol. The Morgan fingerprint density at radius 2 is 2.03 bits per heavy atom. The third-order valence-corrected chi connectivity index (χ3v) is 7.02. The maximum atomic E-state index is 13.4. The van der Waals surface area contributed by atoms with E-state index in [2.05, 4.69) is 11.9 Å². The first kappa shape index (κ1) is 25.6. The van der Waals surface area contributed by atoms with Crippen molar-refractivity contribution in [2.75, 3.05) is 13.2 Å². The molecule has 198 valence electrons. The zero-order valence-corrected chi connectivity index (χ0v) is 21.8. The Hall–Kier alpha value is -4.07. The lowest BCUT2D eigenvalue weighted by atomic mass is 9.94. The Bertz CT molecular complexity index is 1350. The lowest BCUT2D eigenvalue weighted by molar-refractivity contribution is -0.139. The van der Waals surface area contributed by atoms with E-state index in [1.165, 1.54) is 0 Å². The summed E-state index contributed by atoms with van der Waals surface area (Å²) in [6, 6.07) is 12.1. The van der Waals surface area contributed by atoms with E-state index in [1.54, 1.807) is 23.5 Å². The molecule has 0 radical (unpaired) electrons. The van der Waals surface area contributed by atoms with Crippen molar-refractivity contribution < 1.29 is 24.2 Å². The number of ketones is 1. The van der Waals surface area contributed by atoms with Gasteiger partial charge in [-0.2, -0.15) is 0 Å². The third-order valence-electron chi connectivity index (χ3n) is 7.02. The standard InChI is InChI=1S/C30H33N3O5/c1-3-4-15-37-24-8-5-7-21(18-24)27-26(28(34)22-9-10-25-23(17-22)16-20(2)38-25)29(35)30(36)33(27)13-6-12-32-14-11-31-19-32/h5,7-11,14,17-20,27,34H,3-4,6,12-13,15-16H2,1-2H3/t20-,27+/m1/s1. The lowest BCUT2D eigenvalue weighted by Gasteiger charge is -2.26. The van der Waals surface area contributed by atoms with Crippen molar-refractivity contribution in [2.24, 2.45) is 0 Å². The molecule has 5 rings (SSSR count). The van der Waals surface area contributed by atoms with Gasteiger partial charge in [0.2, 0.25) is 0 Å². The first-order valence-corrected chi connectivity index (χ1v) is 13.2. The van der Waals surface area contributed by atoms with Crippen molar-refractivity contribution in [3.63, 3.8) is 0 Å². The number of carbonyl (C=O) groups excluding carboxylic acids is 2. The van der Waals surface area contributed by atoms with Crippen molar-refractivity contribution in [3.05, 3.63) is 83.4 Å². The van der Waals surface area contributed by atoms with Gasteiger partial charge < -0.3 is 24.0 Å². The quantitative estimate of drug-likeness (QED) is 0.179. The predicted molar refractivity (Wildman–Crippen MR) is 143 cm³/mol. The van der Waals surface area contributed by atoms with E-state index in [9.17, 15) is 14.7 Å². The van der Waals surface area contributed by atoms with E-state index in [-0.39, 0.29) is 17.4 Å². The number of unbranched alkanes of at least 4 members (excludes halogenated alkanes) is 1. The fourth-order valence-electron chi connectivity index (χ4n) is 5.13. The lowest BCUT2D eigenvalue weighted by Crippen LogP contribution is -2.31. The van der Waals surface area contributed by atoms with Crippen LogP contribution in [-0.4, -0.2) is 50.5 Å². The number of carbonyl (C=O) groups is 2. The SMILES string of the molecule is CCCCOc1cccc([C@H]2C(=C(O)c3ccc4c(c3)C[C@@H](C)O4)C(=O)C(=O)N2CCCn2ccnc2)c1. The summed E-state index contributed by atoms with van der Waals surface area (Å²) in [5.74, 6) is -0.0219. The Balaban J connectivity index is 1.51. The third kappa shape index (κ3) is 5.16. The molecule has 3 aromatic rings. The van der Waals surface area contributed by atoms with E-state index >= 15 is 0 Å². The minimum atomic E-state index is -0.726. The number of aromatic nitrogens is 2. The molecule has 1 N–H and O–H groups in total. The highest BCUT2D eigenvalue weighted by molar-refractivity contribution is 6.46. The highest BCUT2D eigenvalue weighted by Gasteiger charge is 2.46. The van der Waals surface area contributed by atoms with Crippen LogP contribution >= 0.6 is 0 Å². The van der Waals surface area contributed by atoms with Gasteiger partial charge in [-0.25, -0.2) is 4.98 Å². The maximum Gasteiger partial charge on any atom is 0.295 e. The molecule has 8 heteroatoms. The maximum absolute atomic E-state index is 13.4. The first-order valence-electron chi connectivity index (χ1n) is 13.2. The molecule has 0 aliphatic carbocycles. The van der Waals surface area contributed by atoms with Crippen LogP contribution in [0.15, 0.2) is 66.8 Å². The number of rotatable bonds is 10. The molecule has 38 heavy (non-hydrogen) atoms. The Morgan fingerprint density at radius 3 is 2.82 bits per heavy atom. The Kier molecular flexibility index (Phi) is 7.49. The topological polar surface area (TPSA) is 93.9 Å². The molecule has 2 aliphatic rings. The molecule has 1 aromatic heterocycles. The summed E-state index contributed by atoms with van der Waals surface area (Å²) < 4.78 is 13.6. The van der Waals surface area contributed by atoms with Crippen LogP contribution in [-0.2, 0) is 22.6 Å². The van der Waals surface area contributed by atoms with Crippen molar-refractivity contribution in [3.8, 4) is 11.5 Å². The van der Waals surface area contributed by atoms with Crippen LogP contribution in [0.2, 0.25) is 0 Å². The van der Waals surface area contributed by atoms with Gasteiger partial charge in [-0.05, 0) is 61.2 Å². The summed E-state index contributed by atoms with van der Waals surface area (Å²) >= 11 is 0. The molecule has 0 saturated carbocycles. The van der Waals surface area contributed by atoms with Gasteiger partial charge in [0.25, 0.3) is 11.7 Å². The van der Waals surface area contributed by atoms with Gasteiger partial charge in [0.15, 0.2) is 0 Å². The van der Waals surface area contributed by atoms with Crippen LogP contribution in [0.3, 0.4) is 0 Å². The van der Waals surface area contributed by atoms with Crippen LogP contribution in [0.25, 0.3) is 5.76 Å². The van der Waals surface area contributed by atoms with E-state index in [1.807, 2.05) is 54.1 Å². The fourth-order valence-corrected chi connectivity index (χ4v) is 5.13. The molecule has 1 fully saturated rings. The van der Waals surface area contributed by atoms with E-state index in [4.69, 9.17) is 9.47 Å². The van der Waals surface area contributed by atoms with Crippen LogP contribution in [0, 0.1) is 0 Å². The van der Waals surface area contributed by atoms with E-state index in [0.717, 1.165) is 36.1 Å². The average Bonchev–Trinajstić information content (AvgIpc) is 3.62. The molecular formula is C30H33N3O5. The second-order valence-electron chi connectivity index (χ2n) is 9.88. The predicted octanol–water partition coefficient (Wildman–Crippen LogP) is 4.90. The van der Waals surface area contributed by atoms with Gasteiger partial charge in [-0.1, -0.05) is 25.5 Å². The zero-order chi connectivity index (χ0) is 26.6. The number of ether oxygens (including phenoxy) is 2. The number of aliphatic hydroxyl groups is 1. The van der Waals surface area contributed by atoms with Crippen molar-refractivity contribution in [1.29, 1.82) is 0 Å². The second kappa shape index (κ2) is 11.1. The van der Waals surface area contributed by atoms with Gasteiger partial charge >= 0.3 is 0 Å². The number of imidazole rings is 1. The molecular weight excluding hydrogens is 482 g/mol. The van der Waals surface area contributed by atoms with Crippen LogP contribution in [0.5, 0.6) is 11.5 Å². The number of aliphatic hydroxyl groups excluding tert-OH is 1. The Morgan fingerprint density at radius 1 is 1.16 bits per heavy atom. The van der Waals surface area contributed by atoms with E-state index in [0.29, 0.717) is 37.4 Å². The van der Waals surface area contributed by atoms with Gasteiger partial charge in [-0.3, -0.25) is 9.59 Å². The highest BCUT2D eigenvalue weighted by atomic mass is 16.5. The number of hydrogen-bond acceptors (Lipinski definition) is 6. The summed E-state index contributed by atoms with van der Waals surface area (Å²) in [4.78, 5) is 32.4. The number of amides is 1. The normalized spacial score (nSPS) is 20.0. The number of nitrogens with zero attached hydrogens (tertiary/aromatic N) is 3. The van der Waals surface area contributed by atoms with Gasteiger partial charge in [0.1, 0.15) is 23.4 Å². The highest BCUT2D eigenvalue weighted by Crippen LogP contribution is 2.41. The molecule has 2 atom stereocenters. The van der Waals surface area contributed by atoms with Gasteiger partial charge in [0, 0.05) is 37.5 Å².